The molecular formula is C25H24N3O3+. The molecule has 6 nitrogen and oxygen atoms in total. The smallest absolute Gasteiger partial charge is 0.304 e. The summed E-state index contributed by atoms with van der Waals surface area (Å²) in [4.78, 5) is 25.7. The van der Waals surface area contributed by atoms with Crippen molar-refractivity contribution < 1.29 is 19.0 Å². The number of rotatable bonds is 5. The van der Waals surface area contributed by atoms with Gasteiger partial charge in [-0.1, -0.05) is 54.1 Å². The molecule has 2 amide bonds. The number of hydrazone groups is 1. The van der Waals surface area contributed by atoms with Crippen molar-refractivity contribution in [1.82, 2.24) is 10.7 Å². The number of nitrogens with zero attached hydrogens (tertiary/aromatic N) is 1. The lowest BCUT2D eigenvalue weighted by molar-refractivity contribution is -0.596. The van der Waals surface area contributed by atoms with Crippen LogP contribution in [0.1, 0.15) is 33.1 Å². The van der Waals surface area contributed by atoms with Crippen LogP contribution in [0.5, 0.6) is 5.75 Å². The highest BCUT2D eigenvalue weighted by molar-refractivity contribution is 5.98. The summed E-state index contributed by atoms with van der Waals surface area (Å²) in [7, 11) is 1.61. The largest absolute Gasteiger partial charge is 0.497 e. The van der Waals surface area contributed by atoms with Gasteiger partial charge in [-0.25, -0.2) is 0 Å². The van der Waals surface area contributed by atoms with Crippen molar-refractivity contribution in [3.05, 3.63) is 101 Å². The Bertz CT molecular complexity index is 1120. The van der Waals surface area contributed by atoms with Crippen LogP contribution in [0.3, 0.4) is 0 Å². The first-order valence-electron chi connectivity index (χ1n) is 10.1. The first kappa shape index (κ1) is 20.3. The van der Waals surface area contributed by atoms with Gasteiger partial charge in [0.1, 0.15) is 5.75 Å². The molecule has 156 valence electrons. The Morgan fingerprint density at radius 3 is 2.48 bits per heavy atom. The molecule has 0 aliphatic carbocycles. The van der Waals surface area contributed by atoms with Crippen molar-refractivity contribution in [1.29, 1.82) is 0 Å². The number of aryl methyl sites for hydroxylation is 1. The molecular weight excluding hydrogens is 390 g/mol. The van der Waals surface area contributed by atoms with Crippen molar-refractivity contribution in [3.8, 4) is 5.75 Å². The Kier molecular flexibility index (Phi) is 5.80. The fourth-order valence-corrected chi connectivity index (χ4v) is 3.64. The summed E-state index contributed by atoms with van der Waals surface area (Å²) in [5.74, 6) is 0.162. The zero-order chi connectivity index (χ0) is 21.8. The number of methoxy groups -OCH3 is 1. The average molecular weight is 414 g/mol. The molecule has 1 heterocycles. The highest BCUT2D eigenvalue weighted by Gasteiger charge is 2.47. The number of hydrazine groups is 1. The zero-order valence-electron chi connectivity index (χ0n) is 17.4. The van der Waals surface area contributed by atoms with E-state index in [1.165, 1.54) is 0 Å². The summed E-state index contributed by atoms with van der Waals surface area (Å²) in [5.41, 5.74) is 6.31. The quantitative estimate of drug-likeness (QED) is 0.631. The zero-order valence-corrected chi connectivity index (χ0v) is 17.4. The lowest BCUT2D eigenvalue weighted by Crippen LogP contribution is -2.42. The van der Waals surface area contributed by atoms with Gasteiger partial charge in [-0.15, -0.1) is 10.1 Å². The van der Waals surface area contributed by atoms with Gasteiger partial charge in [0.2, 0.25) is 12.3 Å². The maximum Gasteiger partial charge on any atom is 0.304 e. The van der Waals surface area contributed by atoms with Crippen LogP contribution in [-0.4, -0.2) is 35.9 Å². The second-order valence-corrected chi connectivity index (χ2v) is 7.46. The number of benzene rings is 3. The van der Waals surface area contributed by atoms with Gasteiger partial charge in [-0.3, -0.25) is 9.59 Å². The van der Waals surface area contributed by atoms with Crippen LogP contribution in [0, 0.1) is 6.92 Å². The van der Waals surface area contributed by atoms with Crippen LogP contribution >= 0.6 is 0 Å². The van der Waals surface area contributed by atoms with Gasteiger partial charge in [0.05, 0.1) is 7.11 Å². The summed E-state index contributed by atoms with van der Waals surface area (Å²) in [5, 5.41) is 2.91. The van der Waals surface area contributed by atoms with Crippen LogP contribution in [-0.2, 0) is 4.79 Å². The minimum absolute atomic E-state index is 0.269. The van der Waals surface area contributed by atoms with E-state index in [4.69, 9.17) is 4.74 Å². The molecule has 3 aromatic carbocycles. The number of amides is 2. The molecule has 1 saturated heterocycles. The predicted octanol–water partition coefficient (Wildman–Crippen LogP) is 3.02. The standard InChI is InChI=1S/C25H23N3O3/c1-17-11-13-19(14-12-17)23-22(26-24(29)20-8-4-3-5-9-20)25(30)27-28(23)16-18-7-6-10-21(15-18)31-2/h3-16,22-23H,1-2H3,(H-,26,27,29,30)/p+1/b28-16-/t22-,23-/m0/s1. The average Bonchev–Trinajstić information content (AvgIpc) is 3.09. The Labute approximate surface area is 181 Å². The lowest BCUT2D eigenvalue weighted by atomic mass is 9.98. The third-order valence-corrected chi connectivity index (χ3v) is 5.26. The van der Waals surface area contributed by atoms with E-state index in [9.17, 15) is 9.59 Å². The fraction of sp³-hybridized carbons (Fsp3) is 0.160. The Morgan fingerprint density at radius 2 is 1.77 bits per heavy atom. The fourth-order valence-electron chi connectivity index (χ4n) is 3.64. The topological polar surface area (TPSA) is 70.4 Å². The SMILES string of the molecule is COc1cccc(/C=[N+]2\NC(=O)[C@@H](NC(=O)c3ccccc3)[C@@H]2c2ccc(C)cc2)c1. The van der Waals surface area contributed by atoms with E-state index in [1.54, 1.807) is 36.1 Å². The summed E-state index contributed by atoms with van der Waals surface area (Å²) < 4.78 is 7.05. The van der Waals surface area contributed by atoms with Crippen molar-refractivity contribution in [2.75, 3.05) is 7.11 Å². The number of ether oxygens (including phenoxy) is 1. The summed E-state index contributed by atoms with van der Waals surface area (Å²) in [6, 6.07) is 23.2. The van der Waals surface area contributed by atoms with Gasteiger partial charge in [-0.05, 0) is 37.3 Å². The Balaban J connectivity index is 1.71. The molecule has 31 heavy (non-hydrogen) atoms. The molecule has 4 rings (SSSR count). The van der Waals surface area contributed by atoms with Gasteiger partial charge in [0.25, 0.3) is 5.91 Å². The minimum atomic E-state index is -0.753. The van der Waals surface area contributed by atoms with E-state index in [0.29, 0.717) is 5.56 Å². The highest BCUT2D eigenvalue weighted by atomic mass is 16.5. The molecule has 0 aromatic heterocycles. The van der Waals surface area contributed by atoms with Crippen molar-refractivity contribution >= 4 is 18.0 Å². The van der Waals surface area contributed by atoms with Crippen LogP contribution in [0.2, 0.25) is 0 Å². The number of nitrogens with one attached hydrogen (secondary N) is 2. The molecule has 6 heteroatoms. The molecule has 0 saturated carbocycles. The molecule has 1 aliphatic rings. The molecule has 1 fully saturated rings. The first-order chi connectivity index (χ1) is 15.0. The number of carbonyl (C=O) groups excluding carboxylic acids is 2. The normalized spacial score (nSPS) is 19.2. The van der Waals surface area contributed by atoms with E-state index in [-0.39, 0.29) is 11.8 Å². The molecule has 2 N–H and O–H groups in total. The summed E-state index contributed by atoms with van der Waals surface area (Å²) in [6.45, 7) is 2.01. The van der Waals surface area contributed by atoms with Gasteiger partial charge in [0.15, 0.2) is 6.04 Å². The van der Waals surface area contributed by atoms with Crippen molar-refractivity contribution in [2.24, 2.45) is 0 Å². The molecule has 1 aliphatic heterocycles. The third kappa shape index (κ3) is 4.48. The first-order valence-corrected chi connectivity index (χ1v) is 10.1. The van der Waals surface area contributed by atoms with Crippen LogP contribution in [0.25, 0.3) is 0 Å². The van der Waals surface area contributed by atoms with E-state index in [1.807, 2.05) is 67.7 Å². The second kappa shape index (κ2) is 8.83. The van der Waals surface area contributed by atoms with Crippen LogP contribution in [0.4, 0.5) is 0 Å². The van der Waals surface area contributed by atoms with E-state index < -0.39 is 12.1 Å². The van der Waals surface area contributed by atoms with E-state index in [0.717, 1.165) is 22.4 Å². The molecule has 2 atom stereocenters. The van der Waals surface area contributed by atoms with Crippen LogP contribution < -0.4 is 15.5 Å². The van der Waals surface area contributed by atoms with Crippen molar-refractivity contribution in [2.45, 2.75) is 19.0 Å². The molecule has 0 bridgehead atoms. The van der Waals surface area contributed by atoms with Crippen molar-refractivity contribution in [3.63, 3.8) is 0 Å². The van der Waals surface area contributed by atoms with E-state index >= 15 is 0 Å². The molecule has 0 spiro atoms. The highest BCUT2D eigenvalue weighted by Crippen LogP contribution is 2.26. The Morgan fingerprint density at radius 1 is 1.03 bits per heavy atom. The van der Waals surface area contributed by atoms with E-state index in [2.05, 4.69) is 10.7 Å². The molecule has 0 radical (unpaired) electrons. The third-order valence-electron chi connectivity index (χ3n) is 5.26. The lowest BCUT2D eigenvalue weighted by Gasteiger charge is -2.15. The second-order valence-electron chi connectivity index (χ2n) is 7.46. The van der Waals surface area contributed by atoms with Gasteiger partial charge < -0.3 is 10.1 Å². The summed E-state index contributed by atoms with van der Waals surface area (Å²) >= 11 is 0. The Hall–Kier alpha value is -3.93. The maximum atomic E-state index is 12.9. The minimum Gasteiger partial charge on any atom is -0.497 e. The number of hydrogen-bond donors (Lipinski definition) is 2. The maximum absolute atomic E-state index is 12.9. The molecule has 0 unspecified atom stereocenters. The molecule has 3 aromatic rings. The van der Waals surface area contributed by atoms with Gasteiger partial charge >= 0.3 is 5.91 Å². The number of hydrogen-bond acceptors (Lipinski definition) is 3. The number of carbonyl (C=O) groups is 2. The van der Waals surface area contributed by atoms with Crippen LogP contribution in [0.15, 0.2) is 78.9 Å². The van der Waals surface area contributed by atoms with Gasteiger partial charge in [-0.2, -0.15) is 0 Å². The predicted molar refractivity (Wildman–Crippen MR) is 118 cm³/mol. The monoisotopic (exact) mass is 414 g/mol. The summed E-state index contributed by atoms with van der Waals surface area (Å²) in [6.07, 6.45) is 1.85. The van der Waals surface area contributed by atoms with Gasteiger partial charge in [0, 0.05) is 16.7 Å².